The number of thioether (sulfide) groups is 1. The molecule has 2 aromatic heterocycles. The molecule has 0 unspecified atom stereocenters. The minimum atomic E-state index is -4.54. The summed E-state index contributed by atoms with van der Waals surface area (Å²) in [7, 11) is 0. The number of hydrogen-bond donors (Lipinski definition) is 0. The van der Waals surface area contributed by atoms with Gasteiger partial charge in [-0.2, -0.15) is 13.2 Å². The van der Waals surface area contributed by atoms with Gasteiger partial charge in [0.25, 0.3) is 0 Å². The molecule has 0 spiro atoms. The van der Waals surface area contributed by atoms with Gasteiger partial charge in [-0.3, -0.25) is 9.20 Å². The molecule has 0 fully saturated rings. The minimum absolute atomic E-state index is 0.0265. The first kappa shape index (κ1) is 16.8. The van der Waals surface area contributed by atoms with E-state index in [1.54, 1.807) is 30.3 Å². The molecule has 24 heavy (non-hydrogen) atoms. The smallest absolute Gasteiger partial charge is 0.293 e. The molecule has 124 valence electrons. The van der Waals surface area contributed by atoms with E-state index in [4.69, 9.17) is 11.6 Å². The molecular weight excluding hydrogens is 363 g/mol. The van der Waals surface area contributed by atoms with Crippen molar-refractivity contribution in [1.82, 2.24) is 14.6 Å². The van der Waals surface area contributed by atoms with E-state index in [9.17, 15) is 18.0 Å². The van der Waals surface area contributed by atoms with Gasteiger partial charge in [-0.25, -0.2) is 0 Å². The summed E-state index contributed by atoms with van der Waals surface area (Å²) in [5, 5.41) is 7.61. The number of ketones is 1. The lowest BCUT2D eigenvalue weighted by Crippen LogP contribution is -2.07. The van der Waals surface area contributed by atoms with Gasteiger partial charge in [0.1, 0.15) is 0 Å². The number of halogens is 4. The number of carbonyl (C=O) groups excluding carboxylic acids is 1. The fraction of sp³-hybridized carbons (Fsp3) is 0.133. The quantitative estimate of drug-likeness (QED) is 0.504. The summed E-state index contributed by atoms with van der Waals surface area (Å²) in [4.78, 5) is 12.1. The second-order valence-electron chi connectivity index (χ2n) is 4.83. The summed E-state index contributed by atoms with van der Waals surface area (Å²) in [6.07, 6.45) is -3.67. The summed E-state index contributed by atoms with van der Waals surface area (Å²) in [6, 6.07) is 9.40. The molecule has 9 heteroatoms. The maximum atomic E-state index is 12.9. The molecule has 0 aliphatic carbocycles. The third kappa shape index (κ3) is 3.39. The highest BCUT2D eigenvalue weighted by Gasteiger charge is 2.32. The van der Waals surface area contributed by atoms with Gasteiger partial charge in [0, 0.05) is 11.8 Å². The van der Waals surface area contributed by atoms with Crippen molar-refractivity contribution in [3.63, 3.8) is 0 Å². The zero-order valence-electron chi connectivity index (χ0n) is 11.9. The number of carbonyl (C=O) groups is 1. The van der Waals surface area contributed by atoms with Crippen LogP contribution in [0.15, 0.2) is 47.8 Å². The van der Waals surface area contributed by atoms with E-state index in [1.165, 1.54) is 0 Å². The fourth-order valence-corrected chi connectivity index (χ4v) is 3.07. The molecule has 0 aliphatic rings. The number of Topliss-reactive ketones (excluding diaryl/α,β-unsaturated/α-hetero) is 1. The number of hydrogen-bond acceptors (Lipinski definition) is 4. The fourth-order valence-electron chi connectivity index (χ4n) is 2.02. The third-order valence-corrected chi connectivity index (χ3v) is 4.41. The normalized spacial score (nSPS) is 11.8. The van der Waals surface area contributed by atoms with Crippen LogP contribution in [-0.2, 0) is 6.18 Å². The number of fused-ring (bicyclic) bond motifs is 1. The zero-order valence-corrected chi connectivity index (χ0v) is 13.5. The Morgan fingerprint density at radius 2 is 1.92 bits per heavy atom. The van der Waals surface area contributed by atoms with Crippen molar-refractivity contribution < 1.29 is 18.0 Å². The monoisotopic (exact) mass is 371 g/mol. The second-order valence-corrected chi connectivity index (χ2v) is 6.18. The summed E-state index contributed by atoms with van der Waals surface area (Å²) >= 11 is 6.84. The average Bonchev–Trinajstić information content (AvgIpc) is 2.96. The Morgan fingerprint density at radius 3 is 2.58 bits per heavy atom. The van der Waals surface area contributed by atoms with Crippen molar-refractivity contribution in [3.8, 4) is 0 Å². The topological polar surface area (TPSA) is 47.3 Å². The lowest BCUT2D eigenvalue weighted by Gasteiger charge is -2.08. The molecule has 0 atom stereocenters. The summed E-state index contributed by atoms with van der Waals surface area (Å²) in [6.45, 7) is 0. The Bertz CT molecular complexity index is 896. The van der Waals surface area contributed by atoms with Gasteiger partial charge in [-0.05, 0) is 6.07 Å². The van der Waals surface area contributed by atoms with Crippen LogP contribution in [0.2, 0.25) is 5.02 Å². The minimum Gasteiger partial charge on any atom is -0.293 e. The van der Waals surface area contributed by atoms with Gasteiger partial charge >= 0.3 is 6.18 Å². The van der Waals surface area contributed by atoms with E-state index in [0.717, 1.165) is 28.4 Å². The Hall–Kier alpha value is -2.06. The lowest BCUT2D eigenvalue weighted by molar-refractivity contribution is -0.137. The number of pyridine rings is 1. The van der Waals surface area contributed by atoms with Crippen molar-refractivity contribution in [3.05, 3.63) is 58.7 Å². The van der Waals surface area contributed by atoms with Crippen LogP contribution in [0.25, 0.3) is 5.65 Å². The predicted octanol–water partition coefficient (Wildman–Crippen LogP) is 4.38. The highest BCUT2D eigenvalue weighted by molar-refractivity contribution is 7.99. The number of benzene rings is 1. The van der Waals surface area contributed by atoms with Crippen LogP contribution in [0.5, 0.6) is 0 Å². The van der Waals surface area contributed by atoms with Crippen molar-refractivity contribution in [2.24, 2.45) is 0 Å². The van der Waals surface area contributed by atoms with E-state index < -0.39 is 11.7 Å². The molecule has 0 bridgehead atoms. The molecule has 0 amide bonds. The molecule has 0 radical (unpaired) electrons. The number of aromatic nitrogens is 3. The van der Waals surface area contributed by atoms with Crippen LogP contribution < -0.4 is 0 Å². The highest BCUT2D eigenvalue weighted by Crippen LogP contribution is 2.33. The average molecular weight is 372 g/mol. The molecule has 0 saturated carbocycles. The Balaban J connectivity index is 1.87. The number of rotatable bonds is 4. The molecule has 4 nitrogen and oxygen atoms in total. The Morgan fingerprint density at radius 1 is 1.21 bits per heavy atom. The molecule has 0 aliphatic heterocycles. The first-order chi connectivity index (χ1) is 11.4. The first-order valence-corrected chi connectivity index (χ1v) is 8.05. The van der Waals surface area contributed by atoms with E-state index in [-0.39, 0.29) is 27.4 Å². The van der Waals surface area contributed by atoms with Crippen LogP contribution in [0.1, 0.15) is 15.9 Å². The molecule has 3 rings (SSSR count). The standard InChI is InChI=1S/C15H9ClF3N3OS/c16-11-6-10(15(17,18)19)7-22-13(11)20-21-14(22)24-8-12(23)9-4-2-1-3-5-9/h1-7H,8H2. The van der Waals surface area contributed by atoms with E-state index in [2.05, 4.69) is 10.2 Å². The molecule has 3 aromatic rings. The van der Waals surface area contributed by atoms with Crippen LogP contribution >= 0.6 is 23.4 Å². The van der Waals surface area contributed by atoms with Crippen molar-refractivity contribution in [1.29, 1.82) is 0 Å². The second kappa shape index (κ2) is 6.45. The van der Waals surface area contributed by atoms with Crippen LogP contribution in [-0.4, -0.2) is 26.1 Å². The van der Waals surface area contributed by atoms with Gasteiger partial charge in [-0.15, -0.1) is 10.2 Å². The highest BCUT2D eigenvalue weighted by atomic mass is 35.5. The molecule has 0 saturated heterocycles. The van der Waals surface area contributed by atoms with E-state index >= 15 is 0 Å². The predicted molar refractivity (Wildman–Crippen MR) is 84.5 cm³/mol. The van der Waals surface area contributed by atoms with Crippen molar-refractivity contribution >= 4 is 34.8 Å². The largest absolute Gasteiger partial charge is 0.417 e. The summed E-state index contributed by atoms with van der Waals surface area (Å²) in [5.41, 5.74) is -0.275. The molecule has 1 aromatic carbocycles. The van der Waals surface area contributed by atoms with Gasteiger partial charge in [0.2, 0.25) is 0 Å². The third-order valence-electron chi connectivity index (χ3n) is 3.18. The zero-order chi connectivity index (χ0) is 17.3. The summed E-state index contributed by atoms with van der Waals surface area (Å²) in [5.74, 6) is -0.131. The van der Waals surface area contributed by atoms with E-state index in [0.29, 0.717) is 5.56 Å². The molecular formula is C15H9ClF3N3OS. The molecule has 0 N–H and O–H groups in total. The van der Waals surface area contributed by atoms with Gasteiger partial charge < -0.3 is 0 Å². The Labute approximate surface area is 143 Å². The van der Waals surface area contributed by atoms with Crippen LogP contribution in [0.4, 0.5) is 13.2 Å². The first-order valence-electron chi connectivity index (χ1n) is 6.69. The van der Waals surface area contributed by atoms with Gasteiger partial charge in [-0.1, -0.05) is 53.7 Å². The lowest BCUT2D eigenvalue weighted by atomic mass is 10.2. The van der Waals surface area contributed by atoms with Crippen molar-refractivity contribution in [2.75, 3.05) is 5.75 Å². The SMILES string of the molecule is O=C(CSc1nnc2c(Cl)cc(C(F)(F)F)cn12)c1ccccc1. The summed E-state index contributed by atoms with van der Waals surface area (Å²) < 4.78 is 39.8. The van der Waals surface area contributed by atoms with E-state index in [1.807, 2.05) is 0 Å². The van der Waals surface area contributed by atoms with Crippen molar-refractivity contribution in [2.45, 2.75) is 11.3 Å². The molecule has 2 heterocycles. The Kier molecular flexibility index (Phi) is 4.51. The maximum absolute atomic E-state index is 12.9. The van der Waals surface area contributed by atoms with Gasteiger partial charge in [0.05, 0.1) is 16.3 Å². The number of nitrogens with zero attached hydrogens (tertiary/aromatic N) is 3. The van der Waals surface area contributed by atoms with Crippen LogP contribution in [0.3, 0.4) is 0 Å². The number of alkyl halides is 3. The van der Waals surface area contributed by atoms with Gasteiger partial charge in [0.15, 0.2) is 16.6 Å². The maximum Gasteiger partial charge on any atom is 0.417 e. The van der Waals surface area contributed by atoms with Crippen LogP contribution in [0, 0.1) is 0 Å².